The van der Waals surface area contributed by atoms with E-state index in [1.54, 1.807) is 0 Å². The van der Waals surface area contributed by atoms with Gasteiger partial charge in [-0.15, -0.1) is 0 Å². The fourth-order valence-corrected chi connectivity index (χ4v) is 3.76. The Balaban J connectivity index is 0.000000527. The van der Waals surface area contributed by atoms with E-state index in [-0.39, 0.29) is 0 Å². The molecule has 0 fully saturated rings. The highest BCUT2D eigenvalue weighted by molar-refractivity contribution is 6.50. The molecule has 1 heterocycles. The lowest BCUT2D eigenvalue weighted by molar-refractivity contribution is 0.368. The fourth-order valence-electron chi connectivity index (χ4n) is 3.76. The van der Waals surface area contributed by atoms with E-state index in [4.69, 9.17) is 4.42 Å². The number of hydrogen-bond acceptors (Lipinski definition) is 0. The molecule has 6 heteroatoms. The van der Waals surface area contributed by atoms with Gasteiger partial charge < -0.3 is 17.3 Å². The summed E-state index contributed by atoms with van der Waals surface area (Å²) in [7, 11) is -6.00. The largest absolute Gasteiger partial charge is 0.673 e. The van der Waals surface area contributed by atoms with E-state index in [9.17, 15) is 17.3 Å². The van der Waals surface area contributed by atoms with Gasteiger partial charge in [-0.2, -0.15) is 0 Å². The smallest absolute Gasteiger partial charge is 0.418 e. The molecule has 0 saturated heterocycles. The molecule has 0 spiro atoms. The Morgan fingerprint density at radius 1 is 0.400 bits per heavy atom. The van der Waals surface area contributed by atoms with E-state index in [0.717, 1.165) is 44.9 Å². The molecule has 5 rings (SSSR count). The van der Waals surface area contributed by atoms with Crippen LogP contribution in [-0.2, 0) is 0 Å². The molecule has 174 valence electrons. The van der Waals surface area contributed by atoms with Gasteiger partial charge in [0.1, 0.15) is 0 Å². The molecule has 0 bridgehead atoms. The van der Waals surface area contributed by atoms with Crippen molar-refractivity contribution in [3.63, 3.8) is 0 Å². The normalized spacial score (nSPS) is 10.9. The van der Waals surface area contributed by atoms with Gasteiger partial charge in [0.05, 0.1) is 22.3 Å². The molecule has 0 amide bonds. The first-order valence-electron chi connectivity index (χ1n) is 11.0. The van der Waals surface area contributed by atoms with Crippen LogP contribution in [0.2, 0.25) is 0 Å². The maximum atomic E-state index is 9.75. The van der Waals surface area contributed by atoms with E-state index in [0.29, 0.717) is 0 Å². The van der Waals surface area contributed by atoms with Gasteiger partial charge in [0.25, 0.3) is 0 Å². The second-order valence-corrected chi connectivity index (χ2v) is 7.69. The van der Waals surface area contributed by atoms with E-state index >= 15 is 0 Å². The molecule has 0 N–H and O–H groups in total. The standard InChI is InChI=1S/C29H21O.BF4/c1-5-13-22(14-6-1)26-21-27(23-15-7-2-8-16-23)29(25-19-11-4-12-20-25)30-28(26)24-17-9-3-10-18-24;2-1(3,4)5/h1-21H;/q+1;-1. The minimum Gasteiger partial charge on any atom is -0.418 e. The molecule has 1 nitrogen and oxygen atoms in total. The Bertz CT molecular complexity index is 1150. The molecule has 0 aliphatic rings. The summed E-state index contributed by atoms with van der Waals surface area (Å²) in [5, 5.41) is 0. The molecule has 0 saturated carbocycles. The summed E-state index contributed by atoms with van der Waals surface area (Å²) in [5.41, 5.74) is 6.57. The Morgan fingerprint density at radius 2 is 0.657 bits per heavy atom. The van der Waals surface area contributed by atoms with Gasteiger partial charge in [0.2, 0.25) is 0 Å². The van der Waals surface area contributed by atoms with Crippen LogP contribution in [0.25, 0.3) is 44.9 Å². The highest BCUT2D eigenvalue weighted by Gasteiger charge is 2.28. The predicted octanol–water partition coefficient (Wildman–Crippen LogP) is 9.53. The maximum absolute atomic E-state index is 9.75. The molecule has 0 aliphatic carbocycles. The van der Waals surface area contributed by atoms with Gasteiger partial charge >= 0.3 is 18.8 Å². The van der Waals surface area contributed by atoms with Crippen molar-refractivity contribution in [1.29, 1.82) is 0 Å². The summed E-state index contributed by atoms with van der Waals surface area (Å²) < 4.78 is 45.7. The lowest BCUT2D eigenvalue weighted by Gasteiger charge is -2.08. The first kappa shape index (κ1) is 24.0. The van der Waals surface area contributed by atoms with Gasteiger partial charge in [-0.1, -0.05) is 97.1 Å². The molecule has 0 unspecified atom stereocenters. The minimum absolute atomic E-state index is 0.875. The number of rotatable bonds is 4. The van der Waals surface area contributed by atoms with Crippen molar-refractivity contribution < 1.29 is 21.7 Å². The molecule has 1 aromatic heterocycles. The summed E-state index contributed by atoms with van der Waals surface area (Å²) in [6.45, 7) is 0. The van der Waals surface area contributed by atoms with Crippen molar-refractivity contribution in [1.82, 2.24) is 0 Å². The lowest BCUT2D eigenvalue weighted by atomic mass is 9.94. The monoisotopic (exact) mass is 472 g/mol. The van der Waals surface area contributed by atoms with E-state index in [1.165, 1.54) is 0 Å². The van der Waals surface area contributed by atoms with Crippen LogP contribution in [-0.4, -0.2) is 7.25 Å². The van der Waals surface area contributed by atoms with Gasteiger partial charge in [-0.25, -0.2) is 4.42 Å². The highest BCUT2D eigenvalue weighted by Crippen LogP contribution is 2.41. The third-order valence-corrected chi connectivity index (χ3v) is 5.22. The van der Waals surface area contributed by atoms with Crippen molar-refractivity contribution in [3.05, 3.63) is 127 Å². The Morgan fingerprint density at radius 3 is 0.943 bits per heavy atom. The van der Waals surface area contributed by atoms with Crippen molar-refractivity contribution in [2.24, 2.45) is 0 Å². The first-order valence-corrected chi connectivity index (χ1v) is 11.0. The molecular weight excluding hydrogens is 451 g/mol. The van der Waals surface area contributed by atoms with Crippen LogP contribution in [0, 0.1) is 0 Å². The fraction of sp³-hybridized carbons (Fsp3) is 0. The van der Waals surface area contributed by atoms with Crippen molar-refractivity contribution in [3.8, 4) is 44.9 Å². The van der Waals surface area contributed by atoms with E-state index in [2.05, 4.69) is 78.9 Å². The predicted molar refractivity (Wildman–Crippen MR) is 135 cm³/mol. The molecule has 35 heavy (non-hydrogen) atoms. The zero-order valence-electron chi connectivity index (χ0n) is 18.6. The molecule has 0 radical (unpaired) electrons. The molecular formula is C29H21BF4O. The average molecular weight is 472 g/mol. The summed E-state index contributed by atoms with van der Waals surface area (Å²) in [6.07, 6.45) is 0. The van der Waals surface area contributed by atoms with Crippen LogP contribution in [0.15, 0.2) is 132 Å². The SMILES string of the molecule is F[B-](F)(F)F.c1ccc(-c2cc(-c3ccccc3)c(-c3ccccc3)[o+]c2-c2ccccc2)cc1. The third kappa shape index (κ3) is 6.45. The van der Waals surface area contributed by atoms with Crippen LogP contribution in [0.5, 0.6) is 0 Å². The molecule has 0 aliphatic heterocycles. The zero-order chi connectivity index (χ0) is 24.7. The van der Waals surface area contributed by atoms with Gasteiger partial charge in [-0.3, -0.25) is 0 Å². The van der Waals surface area contributed by atoms with Gasteiger partial charge in [0, 0.05) is 0 Å². The summed E-state index contributed by atoms with van der Waals surface area (Å²) in [5.74, 6) is 1.75. The van der Waals surface area contributed by atoms with E-state index < -0.39 is 7.25 Å². The Labute approximate surface area is 201 Å². The quantitative estimate of drug-likeness (QED) is 0.144. The summed E-state index contributed by atoms with van der Waals surface area (Å²) >= 11 is 0. The van der Waals surface area contributed by atoms with Crippen LogP contribution < -0.4 is 0 Å². The lowest BCUT2D eigenvalue weighted by Crippen LogP contribution is -2.02. The number of hydrogen-bond donors (Lipinski definition) is 0. The van der Waals surface area contributed by atoms with Crippen molar-refractivity contribution in [2.75, 3.05) is 0 Å². The van der Waals surface area contributed by atoms with Crippen LogP contribution in [0.4, 0.5) is 17.3 Å². The first-order chi connectivity index (χ1) is 16.9. The third-order valence-electron chi connectivity index (χ3n) is 5.22. The van der Waals surface area contributed by atoms with Crippen molar-refractivity contribution in [2.45, 2.75) is 0 Å². The molecule has 4 aromatic carbocycles. The maximum Gasteiger partial charge on any atom is 0.673 e. The summed E-state index contributed by atoms with van der Waals surface area (Å²) in [4.78, 5) is 0. The van der Waals surface area contributed by atoms with Gasteiger partial charge in [-0.05, 0) is 41.5 Å². The second kappa shape index (κ2) is 10.8. The number of halogens is 4. The Kier molecular flexibility index (Phi) is 7.41. The topological polar surface area (TPSA) is 11.3 Å². The van der Waals surface area contributed by atoms with Crippen molar-refractivity contribution >= 4 is 7.25 Å². The average Bonchev–Trinajstić information content (AvgIpc) is 2.89. The molecule has 0 atom stereocenters. The van der Waals surface area contributed by atoms with Crippen LogP contribution in [0.3, 0.4) is 0 Å². The van der Waals surface area contributed by atoms with E-state index in [1.807, 2.05) is 48.5 Å². The number of benzene rings is 4. The van der Waals surface area contributed by atoms with Crippen LogP contribution >= 0.6 is 0 Å². The highest BCUT2D eigenvalue weighted by atomic mass is 19.5. The van der Waals surface area contributed by atoms with Crippen LogP contribution in [0.1, 0.15) is 0 Å². The molecule has 5 aromatic rings. The van der Waals surface area contributed by atoms with Gasteiger partial charge in [0.15, 0.2) is 0 Å². The minimum atomic E-state index is -6.00. The second-order valence-electron chi connectivity index (χ2n) is 7.69. The zero-order valence-corrected chi connectivity index (χ0v) is 18.6. The summed E-state index contributed by atoms with van der Waals surface area (Å²) in [6, 6.07) is 43.8. The Hall–Kier alpha value is -4.19.